The summed E-state index contributed by atoms with van der Waals surface area (Å²) in [5.74, 6) is 0. The van der Waals surface area contributed by atoms with Gasteiger partial charge in [-0.1, -0.05) is 45.0 Å². The minimum atomic E-state index is -0.225. The Balaban J connectivity index is 2.55. The highest BCUT2D eigenvalue weighted by Gasteiger charge is 2.21. The Bertz CT molecular complexity index is 309. The van der Waals surface area contributed by atoms with Crippen LogP contribution in [0.1, 0.15) is 38.3 Å². The van der Waals surface area contributed by atoms with Crippen LogP contribution in [0.25, 0.3) is 0 Å². The maximum absolute atomic E-state index is 9.94. The molecular weight excluding hydrogens is 184 g/mol. The van der Waals surface area contributed by atoms with Crippen molar-refractivity contribution in [3.8, 4) is 0 Å². The van der Waals surface area contributed by atoms with Gasteiger partial charge in [0.05, 0.1) is 6.10 Å². The predicted octanol–water partition coefficient (Wildman–Crippen LogP) is 3.33. The van der Waals surface area contributed by atoms with Crippen molar-refractivity contribution in [3.63, 3.8) is 0 Å². The summed E-state index contributed by atoms with van der Waals surface area (Å²) in [7, 11) is 0. The summed E-state index contributed by atoms with van der Waals surface area (Å²) in [6, 6.07) is 8.38. The first-order valence-corrected chi connectivity index (χ1v) is 5.64. The van der Waals surface area contributed by atoms with Crippen molar-refractivity contribution in [2.75, 3.05) is 0 Å². The van der Waals surface area contributed by atoms with Crippen LogP contribution in [0.4, 0.5) is 0 Å². The zero-order valence-electron chi connectivity index (χ0n) is 10.2. The van der Waals surface area contributed by atoms with E-state index in [9.17, 15) is 5.11 Å². The van der Waals surface area contributed by atoms with Crippen LogP contribution in [0.3, 0.4) is 0 Å². The predicted molar refractivity (Wildman–Crippen MR) is 65.0 cm³/mol. The molecule has 0 bridgehead atoms. The zero-order chi connectivity index (χ0) is 11.5. The van der Waals surface area contributed by atoms with Crippen molar-refractivity contribution in [1.29, 1.82) is 0 Å². The Morgan fingerprint density at radius 2 is 1.80 bits per heavy atom. The normalized spacial score (nSPS) is 13.9. The van der Waals surface area contributed by atoms with E-state index in [-0.39, 0.29) is 11.5 Å². The quantitative estimate of drug-likeness (QED) is 0.804. The molecule has 1 N–H and O–H groups in total. The second-order valence-electron chi connectivity index (χ2n) is 5.35. The molecule has 0 saturated carbocycles. The summed E-state index contributed by atoms with van der Waals surface area (Å²) in [6.45, 7) is 8.36. The average Bonchev–Trinajstić information content (AvgIpc) is 2.14. The maximum atomic E-state index is 9.94. The summed E-state index contributed by atoms with van der Waals surface area (Å²) in [5, 5.41) is 9.94. The van der Waals surface area contributed by atoms with Gasteiger partial charge in [0.2, 0.25) is 0 Å². The van der Waals surface area contributed by atoms with Gasteiger partial charge in [0.15, 0.2) is 0 Å². The Kier molecular flexibility index (Phi) is 3.92. The molecule has 1 aromatic carbocycles. The topological polar surface area (TPSA) is 20.2 Å². The first kappa shape index (κ1) is 12.3. The van der Waals surface area contributed by atoms with Crippen molar-refractivity contribution >= 4 is 0 Å². The van der Waals surface area contributed by atoms with Crippen molar-refractivity contribution in [1.82, 2.24) is 0 Å². The number of aliphatic hydroxyl groups excluding tert-OH is 1. The lowest BCUT2D eigenvalue weighted by molar-refractivity contribution is 0.0560. The van der Waals surface area contributed by atoms with Crippen molar-refractivity contribution in [2.45, 2.75) is 46.6 Å². The Labute approximate surface area is 93.1 Å². The standard InChI is InChI=1S/C14H22O/c1-11-7-5-6-8-12(11)9-10-13(15)14(2,3)4/h5-8,13,15H,9-10H2,1-4H3. The molecule has 0 aliphatic rings. The van der Waals surface area contributed by atoms with Crippen LogP contribution in [-0.4, -0.2) is 11.2 Å². The molecule has 1 nitrogen and oxygen atoms in total. The van der Waals surface area contributed by atoms with Crippen LogP contribution in [0.15, 0.2) is 24.3 Å². The molecule has 1 atom stereocenters. The fraction of sp³-hybridized carbons (Fsp3) is 0.571. The number of aliphatic hydroxyl groups is 1. The summed E-state index contributed by atoms with van der Waals surface area (Å²) in [4.78, 5) is 0. The summed E-state index contributed by atoms with van der Waals surface area (Å²) in [6.07, 6.45) is 1.58. The van der Waals surface area contributed by atoms with Gasteiger partial charge in [-0.05, 0) is 36.3 Å². The molecule has 1 aromatic rings. The second kappa shape index (κ2) is 4.80. The lowest BCUT2D eigenvalue weighted by Crippen LogP contribution is -2.26. The van der Waals surface area contributed by atoms with Gasteiger partial charge in [0.1, 0.15) is 0 Å². The number of rotatable bonds is 3. The minimum absolute atomic E-state index is 0.0112. The second-order valence-corrected chi connectivity index (χ2v) is 5.35. The molecule has 0 aliphatic heterocycles. The van der Waals surface area contributed by atoms with E-state index in [4.69, 9.17) is 0 Å². The minimum Gasteiger partial charge on any atom is -0.393 e. The third-order valence-corrected chi connectivity index (χ3v) is 2.95. The summed E-state index contributed by atoms with van der Waals surface area (Å²) in [5.41, 5.74) is 2.65. The van der Waals surface area contributed by atoms with Crippen LogP contribution < -0.4 is 0 Å². The van der Waals surface area contributed by atoms with Crippen molar-refractivity contribution < 1.29 is 5.11 Å². The van der Waals surface area contributed by atoms with E-state index in [2.05, 4.69) is 52.0 Å². The van der Waals surface area contributed by atoms with E-state index in [0.717, 1.165) is 12.8 Å². The van der Waals surface area contributed by atoms with Crippen molar-refractivity contribution in [2.24, 2.45) is 5.41 Å². The number of hydrogen-bond donors (Lipinski definition) is 1. The molecule has 0 heterocycles. The molecule has 0 aromatic heterocycles. The molecule has 1 unspecified atom stereocenters. The molecule has 0 saturated heterocycles. The molecule has 84 valence electrons. The van der Waals surface area contributed by atoms with Gasteiger partial charge in [0.25, 0.3) is 0 Å². The van der Waals surface area contributed by atoms with Crippen LogP contribution >= 0.6 is 0 Å². The maximum Gasteiger partial charge on any atom is 0.0591 e. The first-order valence-electron chi connectivity index (χ1n) is 5.64. The van der Waals surface area contributed by atoms with E-state index in [1.807, 2.05) is 0 Å². The lowest BCUT2D eigenvalue weighted by atomic mass is 9.85. The molecule has 1 heteroatoms. The van der Waals surface area contributed by atoms with E-state index in [1.165, 1.54) is 11.1 Å². The van der Waals surface area contributed by atoms with Crippen LogP contribution in [-0.2, 0) is 6.42 Å². The SMILES string of the molecule is Cc1ccccc1CCC(O)C(C)(C)C. The van der Waals surface area contributed by atoms with Gasteiger partial charge in [-0.3, -0.25) is 0 Å². The van der Waals surface area contributed by atoms with E-state index >= 15 is 0 Å². The zero-order valence-corrected chi connectivity index (χ0v) is 10.2. The first-order chi connectivity index (χ1) is 6.91. The largest absolute Gasteiger partial charge is 0.393 e. The molecule has 1 rings (SSSR count). The van der Waals surface area contributed by atoms with Gasteiger partial charge >= 0.3 is 0 Å². The highest BCUT2D eigenvalue weighted by molar-refractivity contribution is 5.25. The number of aryl methyl sites for hydroxylation is 2. The molecule has 0 spiro atoms. The fourth-order valence-corrected chi connectivity index (χ4v) is 1.62. The average molecular weight is 206 g/mol. The van der Waals surface area contributed by atoms with Crippen LogP contribution in [0.2, 0.25) is 0 Å². The van der Waals surface area contributed by atoms with Gasteiger partial charge in [-0.25, -0.2) is 0 Å². The van der Waals surface area contributed by atoms with E-state index in [0.29, 0.717) is 0 Å². The Morgan fingerprint density at radius 1 is 1.20 bits per heavy atom. The molecular formula is C14H22O. The van der Waals surface area contributed by atoms with E-state index < -0.39 is 0 Å². The number of benzene rings is 1. The summed E-state index contributed by atoms with van der Waals surface area (Å²) < 4.78 is 0. The van der Waals surface area contributed by atoms with E-state index in [1.54, 1.807) is 0 Å². The summed E-state index contributed by atoms with van der Waals surface area (Å²) >= 11 is 0. The van der Waals surface area contributed by atoms with Gasteiger partial charge in [-0.15, -0.1) is 0 Å². The molecule has 0 aliphatic carbocycles. The molecule has 15 heavy (non-hydrogen) atoms. The Morgan fingerprint density at radius 3 is 2.33 bits per heavy atom. The monoisotopic (exact) mass is 206 g/mol. The smallest absolute Gasteiger partial charge is 0.0591 e. The van der Waals surface area contributed by atoms with Crippen LogP contribution in [0.5, 0.6) is 0 Å². The lowest BCUT2D eigenvalue weighted by Gasteiger charge is -2.25. The van der Waals surface area contributed by atoms with Crippen molar-refractivity contribution in [3.05, 3.63) is 35.4 Å². The number of hydrogen-bond acceptors (Lipinski definition) is 1. The third kappa shape index (κ3) is 3.67. The Hall–Kier alpha value is -0.820. The highest BCUT2D eigenvalue weighted by Crippen LogP contribution is 2.23. The van der Waals surface area contributed by atoms with Gasteiger partial charge in [0, 0.05) is 0 Å². The molecule has 0 fully saturated rings. The third-order valence-electron chi connectivity index (χ3n) is 2.95. The van der Waals surface area contributed by atoms with Gasteiger partial charge < -0.3 is 5.11 Å². The fourth-order valence-electron chi connectivity index (χ4n) is 1.62. The molecule has 0 amide bonds. The van der Waals surface area contributed by atoms with Crippen LogP contribution in [0, 0.1) is 12.3 Å². The van der Waals surface area contributed by atoms with Gasteiger partial charge in [-0.2, -0.15) is 0 Å². The highest BCUT2D eigenvalue weighted by atomic mass is 16.3. The molecule has 0 radical (unpaired) electrons.